The fourth-order valence-corrected chi connectivity index (χ4v) is 4.03. The molecule has 4 nitrogen and oxygen atoms in total. The molecule has 2 N–H and O–H groups in total. The molecule has 1 saturated carbocycles. The van der Waals surface area contributed by atoms with E-state index in [1.807, 2.05) is 25.1 Å². The maximum atomic E-state index is 12.5. The highest BCUT2D eigenvalue weighted by Crippen LogP contribution is 2.32. The summed E-state index contributed by atoms with van der Waals surface area (Å²) in [6.07, 6.45) is 2.79. The number of rotatable bonds is 7. The second-order valence-electron chi connectivity index (χ2n) is 7.76. The van der Waals surface area contributed by atoms with Crippen LogP contribution in [0.3, 0.4) is 0 Å². The van der Waals surface area contributed by atoms with Gasteiger partial charge in [0.25, 0.3) is 5.91 Å². The fraction of sp³-hybridized carbons (Fsp3) is 0.429. The predicted molar refractivity (Wildman–Crippen MR) is 107 cm³/mol. The van der Waals surface area contributed by atoms with Gasteiger partial charge >= 0.3 is 0 Å². The van der Waals surface area contributed by atoms with E-state index in [1.165, 1.54) is 16.9 Å². The second kappa shape index (κ2) is 7.62. The first-order valence-electron chi connectivity index (χ1n) is 9.12. The lowest BCUT2D eigenvalue weighted by atomic mass is 9.79. The molecule has 2 aromatic rings. The van der Waals surface area contributed by atoms with Crippen molar-refractivity contribution >= 4 is 28.2 Å². The Hall–Kier alpha value is -2.14. The van der Waals surface area contributed by atoms with Gasteiger partial charge in [0.2, 0.25) is 5.91 Å². The first-order chi connectivity index (χ1) is 12.3. The number of hydrogen-bond acceptors (Lipinski definition) is 3. The Kier molecular flexibility index (Phi) is 5.47. The Morgan fingerprint density at radius 3 is 2.50 bits per heavy atom. The minimum absolute atomic E-state index is 0.0210. The predicted octanol–water partition coefficient (Wildman–Crippen LogP) is 4.58. The number of benzene rings is 1. The molecule has 0 saturated heterocycles. The monoisotopic (exact) mass is 370 g/mol. The van der Waals surface area contributed by atoms with E-state index in [1.54, 1.807) is 12.1 Å². The van der Waals surface area contributed by atoms with Crippen molar-refractivity contribution in [1.82, 2.24) is 5.32 Å². The lowest BCUT2D eigenvalue weighted by molar-refractivity contribution is -0.117. The van der Waals surface area contributed by atoms with Gasteiger partial charge in [-0.15, -0.1) is 11.3 Å². The third kappa shape index (κ3) is 4.73. The second-order valence-corrected chi connectivity index (χ2v) is 8.84. The van der Waals surface area contributed by atoms with Gasteiger partial charge in [0.05, 0.1) is 9.88 Å². The lowest BCUT2D eigenvalue weighted by Crippen LogP contribution is -2.36. The highest BCUT2D eigenvalue weighted by atomic mass is 32.1. The van der Waals surface area contributed by atoms with E-state index in [9.17, 15) is 9.59 Å². The maximum Gasteiger partial charge on any atom is 0.261 e. The minimum atomic E-state index is -0.0849. The highest BCUT2D eigenvalue weighted by Gasteiger charge is 2.30. The van der Waals surface area contributed by atoms with E-state index in [0.29, 0.717) is 4.88 Å². The number of carbonyl (C=O) groups excluding carboxylic acids is 2. The average Bonchev–Trinajstić information content (AvgIpc) is 3.35. The molecular weight excluding hydrogens is 344 g/mol. The smallest absolute Gasteiger partial charge is 0.261 e. The molecular formula is C21H26N2O2S. The van der Waals surface area contributed by atoms with Crippen LogP contribution in [0.5, 0.6) is 0 Å². The van der Waals surface area contributed by atoms with Crippen LogP contribution in [-0.2, 0) is 10.2 Å². The quantitative estimate of drug-likeness (QED) is 0.749. The summed E-state index contributed by atoms with van der Waals surface area (Å²) in [5, 5.41) is 6.71. The van der Waals surface area contributed by atoms with Gasteiger partial charge in [0, 0.05) is 12.0 Å². The number of nitrogens with one attached hydrogen (secondary N) is 2. The summed E-state index contributed by atoms with van der Waals surface area (Å²) in [7, 11) is 0. The zero-order valence-corrected chi connectivity index (χ0v) is 16.4. The van der Waals surface area contributed by atoms with Crippen LogP contribution in [0.1, 0.15) is 55.3 Å². The summed E-state index contributed by atoms with van der Waals surface area (Å²) in [5.74, 6) is 0.143. The van der Waals surface area contributed by atoms with Crippen LogP contribution in [0, 0.1) is 5.92 Å². The van der Waals surface area contributed by atoms with E-state index in [2.05, 4.69) is 36.6 Å². The van der Waals surface area contributed by atoms with Gasteiger partial charge in [-0.25, -0.2) is 0 Å². The molecule has 1 aromatic heterocycles. The summed E-state index contributed by atoms with van der Waals surface area (Å²) >= 11 is 1.33. The van der Waals surface area contributed by atoms with E-state index in [0.717, 1.165) is 24.3 Å². The van der Waals surface area contributed by atoms with Crippen molar-refractivity contribution < 1.29 is 9.59 Å². The largest absolute Gasteiger partial charge is 0.349 e. The Bertz CT molecular complexity index is 778. The van der Waals surface area contributed by atoms with Gasteiger partial charge < -0.3 is 10.6 Å². The Morgan fingerprint density at radius 2 is 1.85 bits per heavy atom. The molecule has 0 spiro atoms. The molecule has 26 heavy (non-hydrogen) atoms. The molecule has 1 atom stereocenters. The maximum absolute atomic E-state index is 12.5. The molecule has 1 fully saturated rings. The van der Waals surface area contributed by atoms with Gasteiger partial charge in [0.1, 0.15) is 0 Å². The molecule has 5 heteroatoms. The highest BCUT2D eigenvalue weighted by molar-refractivity contribution is 7.18. The molecule has 138 valence electrons. The van der Waals surface area contributed by atoms with E-state index >= 15 is 0 Å². The Labute approximate surface area is 159 Å². The summed E-state index contributed by atoms with van der Waals surface area (Å²) in [5.41, 5.74) is 1.24. The number of carbonyl (C=O) groups is 2. The Balaban J connectivity index is 1.55. The van der Waals surface area contributed by atoms with Crippen molar-refractivity contribution in [2.75, 3.05) is 5.32 Å². The standard InChI is InChI=1S/C21H26N2O2S/c1-14(13-21(2,3)16-7-5-4-6-8-16)22-20(25)17-11-12-18(26-17)23-19(24)15-9-10-15/h4-8,11-12,14-15H,9-10,13H2,1-3H3,(H,22,25)(H,23,24). The van der Waals surface area contributed by atoms with Gasteiger partial charge in [-0.2, -0.15) is 0 Å². The van der Waals surface area contributed by atoms with Crippen LogP contribution in [0.4, 0.5) is 5.00 Å². The molecule has 1 aliphatic carbocycles. The van der Waals surface area contributed by atoms with Gasteiger partial charge in [0.15, 0.2) is 0 Å². The molecule has 1 heterocycles. The Morgan fingerprint density at radius 1 is 1.15 bits per heavy atom. The van der Waals surface area contributed by atoms with E-state index in [-0.39, 0.29) is 29.2 Å². The lowest BCUT2D eigenvalue weighted by Gasteiger charge is -2.29. The summed E-state index contributed by atoms with van der Waals surface area (Å²) in [4.78, 5) is 25.0. The first-order valence-corrected chi connectivity index (χ1v) is 9.94. The topological polar surface area (TPSA) is 58.2 Å². The zero-order valence-electron chi connectivity index (χ0n) is 15.5. The van der Waals surface area contributed by atoms with Crippen molar-refractivity contribution in [1.29, 1.82) is 0 Å². The van der Waals surface area contributed by atoms with Crippen LogP contribution in [-0.4, -0.2) is 17.9 Å². The normalized spacial score (nSPS) is 15.3. The number of hydrogen-bond donors (Lipinski definition) is 2. The van der Waals surface area contributed by atoms with Crippen LogP contribution < -0.4 is 10.6 Å². The zero-order chi connectivity index (χ0) is 18.7. The minimum Gasteiger partial charge on any atom is -0.349 e. The summed E-state index contributed by atoms with van der Waals surface area (Å²) < 4.78 is 0. The van der Waals surface area contributed by atoms with Crippen LogP contribution in [0.2, 0.25) is 0 Å². The molecule has 3 rings (SSSR count). The summed E-state index contributed by atoms with van der Waals surface area (Å²) in [6.45, 7) is 6.43. The van der Waals surface area contributed by atoms with Crippen LogP contribution in [0.25, 0.3) is 0 Å². The number of amides is 2. The molecule has 0 aliphatic heterocycles. The molecule has 1 aromatic carbocycles. The van der Waals surface area contributed by atoms with Gasteiger partial charge in [-0.3, -0.25) is 9.59 Å². The SMILES string of the molecule is CC(CC(C)(C)c1ccccc1)NC(=O)c1ccc(NC(=O)C2CC2)s1. The van der Waals surface area contributed by atoms with Gasteiger partial charge in [-0.1, -0.05) is 44.2 Å². The molecule has 1 unspecified atom stereocenters. The molecule has 0 radical (unpaired) electrons. The van der Waals surface area contributed by atoms with Crippen molar-refractivity contribution in [3.8, 4) is 0 Å². The molecule has 1 aliphatic rings. The fourth-order valence-electron chi connectivity index (χ4n) is 3.21. The van der Waals surface area contributed by atoms with Crippen LogP contribution >= 0.6 is 11.3 Å². The third-order valence-corrected chi connectivity index (χ3v) is 5.77. The molecule has 0 bridgehead atoms. The number of thiophene rings is 1. The van der Waals surface area contributed by atoms with Crippen molar-refractivity contribution in [2.24, 2.45) is 5.92 Å². The van der Waals surface area contributed by atoms with E-state index in [4.69, 9.17) is 0 Å². The van der Waals surface area contributed by atoms with Crippen molar-refractivity contribution in [2.45, 2.75) is 51.5 Å². The van der Waals surface area contributed by atoms with Crippen LogP contribution in [0.15, 0.2) is 42.5 Å². The summed E-state index contributed by atoms with van der Waals surface area (Å²) in [6, 6.07) is 14.0. The molecule has 2 amide bonds. The van der Waals surface area contributed by atoms with Crippen molar-refractivity contribution in [3.63, 3.8) is 0 Å². The number of anilines is 1. The van der Waals surface area contributed by atoms with Crippen molar-refractivity contribution in [3.05, 3.63) is 52.9 Å². The first kappa shape index (κ1) is 18.6. The average molecular weight is 371 g/mol. The third-order valence-electron chi connectivity index (χ3n) is 4.77. The van der Waals surface area contributed by atoms with E-state index < -0.39 is 0 Å². The van der Waals surface area contributed by atoms with Gasteiger partial charge in [-0.05, 0) is 49.3 Å².